The van der Waals surface area contributed by atoms with Crippen LogP contribution in [0.1, 0.15) is 44.1 Å². The molecule has 0 atom stereocenters. The van der Waals surface area contributed by atoms with Crippen molar-refractivity contribution in [2.75, 3.05) is 5.75 Å². The zero-order valence-electron chi connectivity index (χ0n) is 13.7. The van der Waals surface area contributed by atoms with E-state index >= 15 is 0 Å². The molecule has 4 fully saturated rings. The van der Waals surface area contributed by atoms with Crippen molar-refractivity contribution >= 4 is 40.9 Å². The summed E-state index contributed by atoms with van der Waals surface area (Å²) in [4.78, 5) is 12.5. The fraction of sp³-hybridized carbons (Fsp3) is 0.632. The van der Waals surface area contributed by atoms with Gasteiger partial charge in [0.15, 0.2) is 0 Å². The maximum atomic E-state index is 12.5. The van der Waals surface area contributed by atoms with Gasteiger partial charge in [0.1, 0.15) is 0 Å². The topological polar surface area (TPSA) is 29.1 Å². The van der Waals surface area contributed by atoms with Gasteiger partial charge in [-0.25, -0.2) is 0 Å². The number of amides is 1. The summed E-state index contributed by atoms with van der Waals surface area (Å²) in [5.74, 6) is 4.08. The van der Waals surface area contributed by atoms with Gasteiger partial charge in [0.25, 0.3) is 0 Å². The molecule has 2 nitrogen and oxygen atoms in total. The number of carbonyl (C=O) groups is 1. The van der Waals surface area contributed by atoms with E-state index in [2.05, 4.69) is 5.32 Å². The number of hydrogen-bond acceptors (Lipinski definition) is 2. The van der Waals surface area contributed by atoms with Crippen molar-refractivity contribution in [1.82, 2.24) is 5.32 Å². The molecule has 5 heteroatoms. The lowest BCUT2D eigenvalue weighted by Gasteiger charge is -2.56. The Balaban J connectivity index is 1.28. The predicted octanol–water partition coefficient (Wildman–Crippen LogP) is 5.31. The van der Waals surface area contributed by atoms with E-state index in [9.17, 15) is 4.79 Å². The van der Waals surface area contributed by atoms with Gasteiger partial charge in [0, 0.05) is 11.3 Å². The SMILES string of the molecule is O=C(CSCc1ccc(Cl)c(Cl)c1)NC12CC3CC(CC(C3)C1)C2. The molecule has 1 amide bonds. The number of hydrogen-bond donors (Lipinski definition) is 1. The summed E-state index contributed by atoms with van der Waals surface area (Å²) in [6, 6.07) is 5.67. The maximum Gasteiger partial charge on any atom is 0.230 e. The first-order valence-corrected chi connectivity index (χ1v) is 10.8. The van der Waals surface area contributed by atoms with Crippen molar-refractivity contribution < 1.29 is 4.79 Å². The van der Waals surface area contributed by atoms with Crippen LogP contribution in [0.3, 0.4) is 0 Å². The Hall–Kier alpha value is -0.380. The van der Waals surface area contributed by atoms with E-state index in [1.807, 2.05) is 18.2 Å². The summed E-state index contributed by atoms with van der Waals surface area (Å²) >= 11 is 13.6. The molecule has 1 N–H and O–H groups in total. The van der Waals surface area contributed by atoms with Gasteiger partial charge in [-0.2, -0.15) is 0 Å². The van der Waals surface area contributed by atoms with Crippen molar-refractivity contribution in [3.05, 3.63) is 33.8 Å². The lowest BCUT2D eigenvalue weighted by molar-refractivity contribution is -0.124. The molecule has 5 rings (SSSR count). The first-order valence-electron chi connectivity index (χ1n) is 8.84. The lowest BCUT2D eigenvalue weighted by atomic mass is 9.53. The summed E-state index contributed by atoms with van der Waals surface area (Å²) in [6.07, 6.45) is 7.84. The predicted molar refractivity (Wildman–Crippen MR) is 102 cm³/mol. The average molecular weight is 384 g/mol. The van der Waals surface area contributed by atoms with Crippen molar-refractivity contribution in [2.45, 2.75) is 49.8 Å². The first-order chi connectivity index (χ1) is 11.5. The Morgan fingerprint density at radius 3 is 2.29 bits per heavy atom. The summed E-state index contributed by atoms with van der Waals surface area (Å²) in [7, 11) is 0. The highest BCUT2D eigenvalue weighted by Gasteiger charge is 2.51. The van der Waals surface area contributed by atoms with Gasteiger partial charge in [-0.1, -0.05) is 29.3 Å². The number of thioether (sulfide) groups is 1. The molecule has 4 saturated carbocycles. The highest BCUT2D eigenvalue weighted by molar-refractivity contribution is 7.99. The van der Waals surface area contributed by atoms with Crippen LogP contribution in [-0.2, 0) is 10.5 Å². The molecule has 1 aromatic carbocycles. The molecule has 4 bridgehead atoms. The Morgan fingerprint density at radius 2 is 1.71 bits per heavy atom. The Bertz CT molecular complexity index is 613. The zero-order chi connectivity index (χ0) is 16.7. The van der Waals surface area contributed by atoms with Gasteiger partial charge in [-0.3, -0.25) is 4.79 Å². The van der Waals surface area contributed by atoms with E-state index in [0.717, 1.165) is 29.1 Å². The number of rotatable bonds is 5. The van der Waals surface area contributed by atoms with E-state index in [4.69, 9.17) is 23.2 Å². The van der Waals surface area contributed by atoms with Crippen molar-refractivity contribution in [2.24, 2.45) is 17.8 Å². The Morgan fingerprint density at radius 1 is 1.08 bits per heavy atom. The molecule has 4 aliphatic rings. The molecular weight excluding hydrogens is 361 g/mol. The van der Waals surface area contributed by atoms with Gasteiger partial charge in [0.2, 0.25) is 5.91 Å². The van der Waals surface area contributed by atoms with Gasteiger partial charge >= 0.3 is 0 Å². The van der Waals surface area contributed by atoms with E-state index < -0.39 is 0 Å². The Labute approximate surface area is 158 Å². The van der Waals surface area contributed by atoms with Crippen LogP contribution in [0, 0.1) is 17.8 Å². The molecular formula is C19H23Cl2NOS. The minimum Gasteiger partial charge on any atom is -0.350 e. The second-order valence-corrected chi connectivity index (χ2v) is 9.79. The third-order valence-corrected chi connectivity index (χ3v) is 7.67. The van der Waals surface area contributed by atoms with E-state index in [1.165, 1.54) is 38.5 Å². The smallest absolute Gasteiger partial charge is 0.230 e. The normalized spacial score (nSPS) is 33.7. The standard InChI is InChI=1S/C19H23Cl2NOS/c20-16-2-1-12(6-17(16)21)10-24-11-18(23)22-19-7-13-3-14(8-19)5-15(4-13)9-19/h1-2,6,13-15H,3-5,7-11H2,(H,22,23). The van der Waals surface area contributed by atoms with Crippen LogP contribution in [0.5, 0.6) is 0 Å². The molecule has 24 heavy (non-hydrogen) atoms. The second kappa shape index (κ2) is 6.74. The number of carbonyl (C=O) groups excluding carboxylic acids is 1. The van der Waals surface area contributed by atoms with Crippen LogP contribution in [-0.4, -0.2) is 17.2 Å². The van der Waals surface area contributed by atoms with Crippen LogP contribution in [0.25, 0.3) is 0 Å². The van der Waals surface area contributed by atoms with Crippen LogP contribution < -0.4 is 5.32 Å². The summed E-state index contributed by atoms with van der Waals surface area (Å²) in [6.45, 7) is 0. The Kier molecular flexibility index (Phi) is 4.79. The largest absolute Gasteiger partial charge is 0.350 e. The molecule has 1 aromatic rings. The minimum absolute atomic E-state index is 0.121. The molecule has 0 heterocycles. The molecule has 130 valence electrons. The number of nitrogens with one attached hydrogen (secondary N) is 1. The van der Waals surface area contributed by atoms with E-state index in [-0.39, 0.29) is 11.4 Å². The summed E-state index contributed by atoms with van der Waals surface area (Å²) < 4.78 is 0. The molecule has 0 unspecified atom stereocenters. The highest BCUT2D eigenvalue weighted by Crippen LogP contribution is 2.55. The second-order valence-electron chi connectivity index (χ2n) is 7.99. The monoisotopic (exact) mass is 383 g/mol. The van der Waals surface area contributed by atoms with Crippen LogP contribution in [0.4, 0.5) is 0 Å². The number of halogens is 2. The fourth-order valence-corrected chi connectivity index (χ4v) is 6.58. The number of benzene rings is 1. The molecule has 0 spiro atoms. The molecule has 0 saturated heterocycles. The van der Waals surface area contributed by atoms with Crippen LogP contribution >= 0.6 is 35.0 Å². The third kappa shape index (κ3) is 3.59. The van der Waals surface area contributed by atoms with Crippen LogP contribution in [0.2, 0.25) is 10.0 Å². The quantitative estimate of drug-likeness (QED) is 0.745. The van der Waals surface area contributed by atoms with E-state index in [0.29, 0.717) is 15.8 Å². The summed E-state index contributed by atoms with van der Waals surface area (Å²) in [5, 5.41) is 4.58. The minimum atomic E-state index is 0.121. The lowest BCUT2D eigenvalue weighted by Crippen LogP contribution is -2.60. The molecule has 0 aliphatic heterocycles. The average Bonchev–Trinajstić information content (AvgIpc) is 2.49. The first kappa shape index (κ1) is 17.1. The summed E-state index contributed by atoms with van der Waals surface area (Å²) in [5.41, 5.74) is 1.23. The fourth-order valence-electron chi connectivity index (χ4n) is 5.49. The van der Waals surface area contributed by atoms with E-state index in [1.54, 1.807) is 11.8 Å². The highest BCUT2D eigenvalue weighted by atomic mass is 35.5. The van der Waals surface area contributed by atoms with Crippen molar-refractivity contribution in [1.29, 1.82) is 0 Å². The molecule has 0 aromatic heterocycles. The molecule has 0 radical (unpaired) electrons. The van der Waals surface area contributed by atoms with Gasteiger partial charge in [0.05, 0.1) is 15.8 Å². The van der Waals surface area contributed by atoms with Crippen molar-refractivity contribution in [3.63, 3.8) is 0 Å². The van der Waals surface area contributed by atoms with Gasteiger partial charge in [-0.15, -0.1) is 11.8 Å². The van der Waals surface area contributed by atoms with Crippen LogP contribution in [0.15, 0.2) is 18.2 Å². The maximum absolute atomic E-state index is 12.5. The zero-order valence-corrected chi connectivity index (χ0v) is 16.0. The molecule has 4 aliphatic carbocycles. The van der Waals surface area contributed by atoms with Crippen molar-refractivity contribution in [3.8, 4) is 0 Å². The third-order valence-electron chi connectivity index (χ3n) is 5.93. The van der Waals surface area contributed by atoms with Gasteiger partial charge < -0.3 is 5.32 Å². The van der Waals surface area contributed by atoms with Gasteiger partial charge in [-0.05, 0) is 74.0 Å².